The van der Waals surface area contributed by atoms with Crippen molar-refractivity contribution in [1.29, 1.82) is 0 Å². The fourth-order valence-electron chi connectivity index (χ4n) is 4.24. The summed E-state index contributed by atoms with van der Waals surface area (Å²) in [6.07, 6.45) is 0.344. The van der Waals surface area contributed by atoms with Gasteiger partial charge < -0.3 is 10.2 Å². The molecule has 1 unspecified atom stereocenters. The molecule has 7 nitrogen and oxygen atoms in total. The van der Waals surface area contributed by atoms with E-state index in [1.807, 2.05) is 26.0 Å². The molecule has 9 heteroatoms. The minimum absolute atomic E-state index is 0.0557. The Morgan fingerprint density at radius 2 is 1.61 bits per heavy atom. The SMILES string of the molecule is CCNC(=O)C(CC)N(Cc1ccccc1Cl)C(=O)CN(c1cc(C)ccc1C)S(=O)(=O)c1ccccc1. The molecule has 0 aliphatic carbocycles. The number of rotatable bonds is 11. The fourth-order valence-corrected chi connectivity index (χ4v) is 5.93. The molecular formula is C29H34ClN3O4S. The monoisotopic (exact) mass is 555 g/mol. The summed E-state index contributed by atoms with van der Waals surface area (Å²) in [6, 6.07) is 19.8. The maximum Gasteiger partial charge on any atom is 0.264 e. The molecule has 0 aliphatic heterocycles. The van der Waals surface area contributed by atoms with Gasteiger partial charge in [0.05, 0.1) is 10.6 Å². The number of halogens is 1. The summed E-state index contributed by atoms with van der Waals surface area (Å²) in [5.41, 5.74) is 2.63. The first-order valence-corrected chi connectivity index (χ1v) is 14.4. The number of hydrogen-bond donors (Lipinski definition) is 1. The van der Waals surface area contributed by atoms with Crippen LogP contribution in [0.25, 0.3) is 0 Å². The van der Waals surface area contributed by atoms with Crippen molar-refractivity contribution in [2.24, 2.45) is 0 Å². The van der Waals surface area contributed by atoms with Crippen LogP contribution >= 0.6 is 11.6 Å². The summed E-state index contributed by atoms with van der Waals surface area (Å²) in [5, 5.41) is 3.25. The number of anilines is 1. The van der Waals surface area contributed by atoms with Crippen LogP contribution < -0.4 is 9.62 Å². The first-order chi connectivity index (χ1) is 18.1. The van der Waals surface area contributed by atoms with Gasteiger partial charge in [0.2, 0.25) is 11.8 Å². The second-order valence-corrected chi connectivity index (χ2v) is 11.3. The van der Waals surface area contributed by atoms with Crippen molar-refractivity contribution in [2.75, 3.05) is 17.4 Å². The van der Waals surface area contributed by atoms with Crippen LogP contribution in [0.2, 0.25) is 5.02 Å². The Kier molecular flexibility index (Phi) is 9.94. The van der Waals surface area contributed by atoms with E-state index in [2.05, 4.69) is 5.32 Å². The van der Waals surface area contributed by atoms with Crippen molar-refractivity contribution in [3.05, 3.63) is 94.5 Å². The molecule has 0 saturated carbocycles. The number of nitrogens with one attached hydrogen (secondary N) is 1. The van der Waals surface area contributed by atoms with Crippen LogP contribution in [-0.2, 0) is 26.2 Å². The van der Waals surface area contributed by atoms with Crippen LogP contribution in [0.15, 0.2) is 77.7 Å². The summed E-state index contributed by atoms with van der Waals surface area (Å²) in [4.78, 5) is 28.5. The van der Waals surface area contributed by atoms with E-state index in [-0.39, 0.29) is 17.3 Å². The zero-order valence-corrected chi connectivity index (χ0v) is 23.7. The van der Waals surface area contributed by atoms with Gasteiger partial charge in [-0.25, -0.2) is 8.42 Å². The van der Waals surface area contributed by atoms with E-state index in [0.29, 0.717) is 34.8 Å². The van der Waals surface area contributed by atoms with Crippen LogP contribution in [0.3, 0.4) is 0 Å². The van der Waals surface area contributed by atoms with Gasteiger partial charge in [-0.2, -0.15) is 0 Å². The van der Waals surface area contributed by atoms with E-state index >= 15 is 0 Å². The first kappa shape index (κ1) is 29.2. The number of carbonyl (C=O) groups excluding carboxylic acids is 2. The average molecular weight is 556 g/mol. The normalized spacial score (nSPS) is 12.0. The van der Waals surface area contributed by atoms with Crippen LogP contribution in [0.5, 0.6) is 0 Å². The van der Waals surface area contributed by atoms with Crippen molar-refractivity contribution in [1.82, 2.24) is 10.2 Å². The number of carbonyl (C=O) groups is 2. The predicted octanol–water partition coefficient (Wildman–Crippen LogP) is 5.10. The Morgan fingerprint density at radius 1 is 0.947 bits per heavy atom. The summed E-state index contributed by atoms with van der Waals surface area (Å²) >= 11 is 6.41. The molecule has 0 saturated heterocycles. The molecule has 0 aliphatic rings. The highest BCUT2D eigenvalue weighted by atomic mass is 35.5. The lowest BCUT2D eigenvalue weighted by molar-refractivity contribution is -0.140. The fraction of sp³-hybridized carbons (Fsp3) is 0.310. The van der Waals surface area contributed by atoms with Gasteiger partial charge in [0.1, 0.15) is 12.6 Å². The molecule has 1 atom stereocenters. The lowest BCUT2D eigenvalue weighted by atomic mass is 10.1. The number of aryl methyl sites for hydroxylation is 2. The highest BCUT2D eigenvalue weighted by molar-refractivity contribution is 7.92. The second kappa shape index (κ2) is 12.9. The van der Waals surface area contributed by atoms with Crippen LogP contribution in [-0.4, -0.2) is 44.3 Å². The molecule has 0 fully saturated rings. The maximum atomic E-state index is 14.0. The van der Waals surface area contributed by atoms with Gasteiger partial charge in [0.25, 0.3) is 10.0 Å². The van der Waals surface area contributed by atoms with E-state index in [1.54, 1.807) is 62.4 Å². The quantitative estimate of drug-likeness (QED) is 0.357. The van der Waals surface area contributed by atoms with Crippen LogP contribution in [0.4, 0.5) is 5.69 Å². The third-order valence-corrected chi connectivity index (χ3v) is 8.42. The third kappa shape index (κ3) is 6.74. The third-order valence-electron chi connectivity index (χ3n) is 6.28. The average Bonchev–Trinajstić information content (AvgIpc) is 2.90. The molecule has 0 aromatic heterocycles. The van der Waals surface area contributed by atoms with Gasteiger partial charge >= 0.3 is 0 Å². The van der Waals surface area contributed by atoms with Gasteiger partial charge in [0, 0.05) is 18.1 Å². The number of hydrogen-bond acceptors (Lipinski definition) is 4. The van der Waals surface area contributed by atoms with E-state index in [9.17, 15) is 18.0 Å². The minimum atomic E-state index is -4.11. The Balaban J connectivity index is 2.11. The van der Waals surface area contributed by atoms with Gasteiger partial charge in [-0.05, 0) is 68.1 Å². The van der Waals surface area contributed by atoms with Crippen molar-refractivity contribution < 1.29 is 18.0 Å². The lowest BCUT2D eigenvalue weighted by Crippen LogP contribution is -2.52. The van der Waals surface area contributed by atoms with Crippen LogP contribution in [0.1, 0.15) is 37.0 Å². The Hall–Kier alpha value is -3.36. The molecule has 0 spiro atoms. The minimum Gasteiger partial charge on any atom is -0.355 e. The molecule has 2 amide bonds. The molecule has 3 aromatic carbocycles. The van der Waals surface area contributed by atoms with Gasteiger partial charge in [-0.3, -0.25) is 13.9 Å². The van der Waals surface area contributed by atoms with Crippen molar-refractivity contribution >= 4 is 39.1 Å². The second-order valence-electron chi connectivity index (χ2n) is 9.05. The van der Waals surface area contributed by atoms with Crippen molar-refractivity contribution in [2.45, 2.75) is 51.6 Å². The van der Waals surface area contributed by atoms with E-state index in [1.165, 1.54) is 17.0 Å². The van der Waals surface area contributed by atoms with E-state index < -0.39 is 28.5 Å². The topological polar surface area (TPSA) is 86.8 Å². The van der Waals surface area contributed by atoms with Crippen molar-refractivity contribution in [3.8, 4) is 0 Å². The molecule has 1 N–H and O–H groups in total. The molecule has 3 rings (SSSR count). The maximum absolute atomic E-state index is 14.0. The number of sulfonamides is 1. The molecule has 0 radical (unpaired) electrons. The largest absolute Gasteiger partial charge is 0.355 e. The number of nitrogens with zero attached hydrogens (tertiary/aromatic N) is 2. The number of benzene rings is 3. The molecule has 3 aromatic rings. The molecule has 38 heavy (non-hydrogen) atoms. The molecule has 0 heterocycles. The Morgan fingerprint density at radius 3 is 2.24 bits per heavy atom. The predicted molar refractivity (Wildman–Crippen MR) is 152 cm³/mol. The highest BCUT2D eigenvalue weighted by Gasteiger charge is 2.34. The molecular weight excluding hydrogens is 522 g/mol. The lowest BCUT2D eigenvalue weighted by Gasteiger charge is -2.33. The van der Waals surface area contributed by atoms with Gasteiger partial charge in [-0.15, -0.1) is 0 Å². The smallest absolute Gasteiger partial charge is 0.264 e. The summed E-state index contributed by atoms with van der Waals surface area (Å²) in [7, 11) is -4.11. The summed E-state index contributed by atoms with van der Waals surface area (Å²) < 4.78 is 28.9. The summed E-state index contributed by atoms with van der Waals surface area (Å²) in [5.74, 6) is -0.817. The standard InChI is InChI=1S/C29H34ClN3O4S/c1-5-26(29(35)31-6-2)32(19-23-12-10-11-15-25(23)30)28(34)20-33(27-18-21(3)16-17-22(27)4)38(36,37)24-13-8-7-9-14-24/h7-18,26H,5-6,19-20H2,1-4H3,(H,31,35). The molecule has 0 bridgehead atoms. The zero-order chi connectivity index (χ0) is 27.9. The summed E-state index contributed by atoms with van der Waals surface area (Å²) in [6.45, 7) is 7.26. The van der Waals surface area contributed by atoms with E-state index in [4.69, 9.17) is 11.6 Å². The Labute approximate surface area is 230 Å². The number of likely N-dealkylation sites (N-methyl/N-ethyl adjacent to an activating group) is 1. The highest BCUT2D eigenvalue weighted by Crippen LogP contribution is 2.29. The van der Waals surface area contributed by atoms with E-state index in [0.717, 1.165) is 9.87 Å². The first-order valence-electron chi connectivity index (χ1n) is 12.6. The molecule has 202 valence electrons. The van der Waals surface area contributed by atoms with Gasteiger partial charge in [0.15, 0.2) is 0 Å². The van der Waals surface area contributed by atoms with Crippen molar-refractivity contribution in [3.63, 3.8) is 0 Å². The van der Waals surface area contributed by atoms with Gasteiger partial charge in [-0.1, -0.05) is 67.1 Å². The number of amides is 2. The van der Waals surface area contributed by atoms with Crippen LogP contribution in [0, 0.1) is 13.8 Å². The Bertz CT molecular complexity index is 1380. The zero-order valence-electron chi connectivity index (χ0n) is 22.1.